The van der Waals surface area contributed by atoms with Crippen molar-refractivity contribution in [2.45, 2.75) is 46.1 Å². The molecule has 0 spiro atoms. The van der Waals surface area contributed by atoms with Crippen LogP contribution in [0, 0.1) is 17.2 Å². The Bertz CT molecular complexity index is 1070. The van der Waals surface area contributed by atoms with Crippen LogP contribution in [-0.4, -0.2) is 34.4 Å². The molecule has 2 atom stereocenters. The quantitative estimate of drug-likeness (QED) is 0.817. The highest BCUT2D eigenvalue weighted by Crippen LogP contribution is 2.36. The van der Waals surface area contributed by atoms with Crippen LogP contribution in [0.4, 0.5) is 10.1 Å². The predicted octanol–water partition coefficient (Wildman–Crippen LogP) is 3.62. The van der Waals surface area contributed by atoms with E-state index in [1.165, 1.54) is 24.3 Å². The summed E-state index contributed by atoms with van der Waals surface area (Å²) in [6.07, 6.45) is 1.47. The maximum atomic E-state index is 13.1. The first-order chi connectivity index (χ1) is 14.6. The number of rotatable bonds is 3. The largest absolute Gasteiger partial charge is 0.342 e. The van der Waals surface area contributed by atoms with Crippen molar-refractivity contribution >= 4 is 17.5 Å². The van der Waals surface area contributed by atoms with E-state index in [1.54, 1.807) is 10.6 Å². The molecular formula is C24H28FN3O3. The van der Waals surface area contributed by atoms with Gasteiger partial charge in [-0.05, 0) is 54.2 Å². The zero-order chi connectivity index (χ0) is 22.3. The SMILES string of the molecule is CC(C)(C)CC(=O)N1CC2CC(C1)c1ccc(NC(=O)c3ccc(F)cc3)c(=O)n1C2. The van der Waals surface area contributed by atoms with Gasteiger partial charge in [0, 0.05) is 43.2 Å². The molecule has 0 saturated carbocycles. The minimum atomic E-state index is -0.451. The molecule has 2 aliphatic heterocycles. The van der Waals surface area contributed by atoms with Crippen molar-refractivity contribution in [3.8, 4) is 0 Å². The molecule has 1 N–H and O–H groups in total. The first-order valence-electron chi connectivity index (χ1n) is 10.7. The van der Waals surface area contributed by atoms with Crippen molar-refractivity contribution in [3.63, 3.8) is 0 Å². The fourth-order valence-corrected chi connectivity index (χ4v) is 4.61. The fourth-order valence-electron chi connectivity index (χ4n) is 4.61. The van der Waals surface area contributed by atoms with E-state index in [4.69, 9.17) is 0 Å². The third-order valence-electron chi connectivity index (χ3n) is 5.99. The number of likely N-dealkylation sites (tertiary alicyclic amines) is 1. The third kappa shape index (κ3) is 4.55. The van der Waals surface area contributed by atoms with E-state index in [1.807, 2.05) is 11.0 Å². The number of piperidine rings is 1. The number of nitrogens with one attached hydrogen (secondary N) is 1. The second-order valence-electron chi connectivity index (χ2n) is 9.88. The molecule has 0 radical (unpaired) electrons. The summed E-state index contributed by atoms with van der Waals surface area (Å²) in [5, 5.41) is 2.66. The third-order valence-corrected chi connectivity index (χ3v) is 5.99. The molecule has 2 amide bonds. The summed E-state index contributed by atoms with van der Waals surface area (Å²) in [6, 6.07) is 8.69. The Kier molecular flexibility index (Phi) is 5.45. The molecule has 0 aliphatic carbocycles. The molecule has 4 rings (SSSR count). The number of amides is 2. The standard InChI is InChI=1S/C24H28FN3O3/c1-24(2,3)11-21(29)27-12-15-10-17(14-27)20-9-8-19(23(31)28(20)13-15)26-22(30)16-4-6-18(25)7-5-16/h4-9,15,17H,10-14H2,1-3H3,(H,26,30). The normalized spacial score (nSPS) is 20.2. The van der Waals surface area contributed by atoms with E-state index >= 15 is 0 Å². The van der Waals surface area contributed by atoms with E-state index in [9.17, 15) is 18.8 Å². The van der Waals surface area contributed by atoms with Crippen molar-refractivity contribution in [2.24, 2.45) is 11.3 Å². The number of carbonyl (C=O) groups is 2. The fraction of sp³-hybridized carbons (Fsp3) is 0.458. The van der Waals surface area contributed by atoms with E-state index in [2.05, 4.69) is 26.1 Å². The van der Waals surface area contributed by atoms with Crippen LogP contribution in [0.15, 0.2) is 41.2 Å². The molecular weight excluding hydrogens is 397 g/mol. The Morgan fingerprint density at radius 1 is 1.06 bits per heavy atom. The van der Waals surface area contributed by atoms with Gasteiger partial charge < -0.3 is 14.8 Å². The molecule has 6 nitrogen and oxygen atoms in total. The number of halogens is 1. The number of pyridine rings is 1. The van der Waals surface area contributed by atoms with E-state index in [0.717, 1.165) is 12.1 Å². The second-order valence-corrected chi connectivity index (χ2v) is 9.88. The molecule has 2 aromatic rings. The summed E-state index contributed by atoms with van der Waals surface area (Å²) >= 11 is 0. The Morgan fingerprint density at radius 3 is 2.45 bits per heavy atom. The average molecular weight is 426 g/mol. The number of carbonyl (C=O) groups excluding carboxylic acids is 2. The highest BCUT2D eigenvalue weighted by Gasteiger charge is 2.37. The smallest absolute Gasteiger partial charge is 0.274 e. The summed E-state index contributed by atoms with van der Waals surface area (Å²) in [5.41, 5.74) is 1.11. The molecule has 1 aromatic carbocycles. The monoisotopic (exact) mass is 425 g/mol. The average Bonchev–Trinajstić information content (AvgIpc) is 2.69. The van der Waals surface area contributed by atoms with Gasteiger partial charge in [-0.1, -0.05) is 20.8 Å². The summed E-state index contributed by atoms with van der Waals surface area (Å²) in [5.74, 6) is -0.373. The van der Waals surface area contributed by atoms with Crippen LogP contribution < -0.4 is 10.9 Å². The van der Waals surface area contributed by atoms with Gasteiger partial charge in [-0.3, -0.25) is 14.4 Å². The van der Waals surface area contributed by atoms with Gasteiger partial charge >= 0.3 is 0 Å². The van der Waals surface area contributed by atoms with Crippen LogP contribution in [0.3, 0.4) is 0 Å². The summed E-state index contributed by atoms with van der Waals surface area (Å²) in [6.45, 7) is 7.99. The van der Waals surface area contributed by atoms with Crippen LogP contribution in [0.2, 0.25) is 0 Å². The van der Waals surface area contributed by atoms with Crippen molar-refractivity contribution in [1.82, 2.24) is 9.47 Å². The summed E-state index contributed by atoms with van der Waals surface area (Å²) in [7, 11) is 0. The van der Waals surface area contributed by atoms with Crippen LogP contribution in [0.25, 0.3) is 0 Å². The molecule has 31 heavy (non-hydrogen) atoms. The zero-order valence-electron chi connectivity index (χ0n) is 18.2. The first kappa shape index (κ1) is 21.3. The minimum Gasteiger partial charge on any atom is -0.342 e. The van der Waals surface area contributed by atoms with Crippen LogP contribution in [0.5, 0.6) is 0 Å². The van der Waals surface area contributed by atoms with Crippen LogP contribution >= 0.6 is 0 Å². The van der Waals surface area contributed by atoms with Gasteiger partial charge in [-0.15, -0.1) is 0 Å². The maximum Gasteiger partial charge on any atom is 0.274 e. The molecule has 2 unspecified atom stereocenters. The van der Waals surface area contributed by atoms with Gasteiger partial charge in [0.15, 0.2) is 0 Å². The summed E-state index contributed by atoms with van der Waals surface area (Å²) in [4.78, 5) is 40.2. The van der Waals surface area contributed by atoms with E-state index in [0.29, 0.717) is 26.1 Å². The lowest BCUT2D eigenvalue weighted by Gasteiger charge is -2.43. The van der Waals surface area contributed by atoms with Gasteiger partial charge in [0.2, 0.25) is 5.91 Å². The number of hydrogen-bond donors (Lipinski definition) is 1. The number of benzene rings is 1. The van der Waals surface area contributed by atoms with Gasteiger partial charge in [0.05, 0.1) is 0 Å². The molecule has 3 heterocycles. The highest BCUT2D eigenvalue weighted by atomic mass is 19.1. The van der Waals surface area contributed by atoms with Crippen LogP contribution in [-0.2, 0) is 11.3 Å². The lowest BCUT2D eigenvalue weighted by Crippen LogP contribution is -2.49. The first-order valence-corrected chi connectivity index (χ1v) is 10.7. The zero-order valence-corrected chi connectivity index (χ0v) is 18.2. The van der Waals surface area contributed by atoms with E-state index < -0.39 is 11.7 Å². The number of aromatic nitrogens is 1. The van der Waals surface area contributed by atoms with Crippen molar-refractivity contribution in [1.29, 1.82) is 0 Å². The maximum absolute atomic E-state index is 13.1. The van der Waals surface area contributed by atoms with Crippen molar-refractivity contribution in [3.05, 3.63) is 63.8 Å². The second kappa shape index (κ2) is 7.94. The predicted molar refractivity (Wildman–Crippen MR) is 117 cm³/mol. The van der Waals surface area contributed by atoms with Crippen molar-refractivity contribution in [2.75, 3.05) is 18.4 Å². The van der Waals surface area contributed by atoms with Crippen LogP contribution in [0.1, 0.15) is 55.6 Å². The lowest BCUT2D eigenvalue weighted by molar-refractivity contribution is -0.135. The molecule has 2 bridgehead atoms. The van der Waals surface area contributed by atoms with Gasteiger partial charge in [-0.2, -0.15) is 0 Å². The Hall–Kier alpha value is -2.96. The summed E-state index contributed by atoms with van der Waals surface area (Å²) < 4.78 is 14.8. The Morgan fingerprint density at radius 2 is 1.77 bits per heavy atom. The van der Waals surface area contributed by atoms with Crippen molar-refractivity contribution < 1.29 is 14.0 Å². The van der Waals surface area contributed by atoms with Gasteiger partial charge in [-0.25, -0.2) is 4.39 Å². The highest BCUT2D eigenvalue weighted by molar-refractivity contribution is 6.04. The Labute approximate surface area is 181 Å². The van der Waals surface area contributed by atoms with Gasteiger partial charge in [0.1, 0.15) is 11.5 Å². The minimum absolute atomic E-state index is 0.0594. The molecule has 1 saturated heterocycles. The molecule has 1 fully saturated rings. The number of hydrogen-bond acceptors (Lipinski definition) is 3. The lowest BCUT2D eigenvalue weighted by atomic mass is 9.82. The molecule has 164 valence electrons. The molecule has 7 heteroatoms. The Balaban J connectivity index is 1.54. The molecule has 1 aromatic heterocycles. The number of fused-ring (bicyclic) bond motifs is 4. The molecule has 2 aliphatic rings. The number of anilines is 1. The van der Waals surface area contributed by atoms with E-state index in [-0.39, 0.29) is 40.0 Å². The van der Waals surface area contributed by atoms with Gasteiger partial charge in [0.25, 0.3) is 11.5 Å². The number of nitrogens with zero attached hydrogens (tertiary/aromatic N) is 2. The topological polar surface area (TPSA) is 71.4 Å².